The normalized spacial score (nSPS) is 21.6. The molecule has 0 radical (unpaired) electrons. The van der Waals surface area contributed by atoms with Crippen LogP contribution in [0.3, 0.4) is 0 Å². The molecule has 1 fully saturated rings. The van der Waals surface area contributed by atoms with E-state index in [0.717, 1.165) is 4.90 Å². The zero-order chi connectivity index (χ0) is 20.4. The molecule has 7 heteroatoms. The Morgan fingerprint density at radius 2 is 1.85 bits per heavy atom. The maximum Gasteiger partial charge on any atom is 0.325 e. The summed E-state index contributed by atoms with van der Waals surface area (Å²) in [6.07, 6.45) is -0.200. The number of hydrogen-bond donors (Lipinski definition) is 0. The van der Waals surface area contributed by atoms with Crippen LogP contribution in [0.5, 0.6) is 0 Å². The third-order valence-corrected chi connectivity index (χ3v) is 11.4. The molecular weight excluding hydrogens is 378 g/mol. The van der Waals surface area contributed by atoms with Crippen molar-refractivity contribution in [1.29, 1.82) is 0 Å². The molecule has 1 saturated heterocycles. The van der Waals surface area contributed by atoms with E-state index in [1.165, 1.54) is 7.11 Å². The molecule has 0 unspecified atom stereocenters. The molecule has 0 N–H and O–H groups in total. The van der Waals surface area contributed by atoms with Crippen molar-refractivity contribution < 1.29 is 18.8 Å². The van der Waals surface area contributed by atoms with E-state index in [-0.39, 0.29) is 34.9 Å². The third kappa shape index (κ3) is 4.95. The summed E-state index contributed by atoms with van der Waals surface area (Å²) in [7, 11) is -0.657. The molecule has 1 aromatic rings. The van der Waals surface area contributed by atoms with Crippen LogP contribution in [0.4, 0.5) is 0 Å². The maximum atomic E-state index is 12.8. The fraction of sp³-hybridized carbons (Fsp3) is 0.600. The van der Waals surface area contributed by atoms with Gasteiger partial charge in [0.25, 0.3) is 0 Å². The lowest BCUT2D eigenvalue weighted by atomic mass is 9.93. The van der Waals surface area contributed by atoms with Gasteiger partial charge in [-0.05, 0) is 37.2 Å². The molecule has 0 aliphatic carbocycles. The molecule has 150 valence electrons. The molecule has 1 aromatic carbocycles. The zero-order valence-corrected chi connectivity index (χ0v) is 19.1. The van der Waals surface area contributed by atoms with E-state index in [2.05, 4.69) is 33.9 Å². The molecule has 2 rings (SSSR count). The smallest absolute Gasteiger partial charge is 0.325 e. The van der Waals surface area contributed by atoms with Gasteiger partial charge in [0.2, 0.25) is 5.91 Å². The quantitative estimate of drug-likeness (QED) is 0.385. The molecule has 1 amide bonds. The number of carbonyl (C=O) groups excluding carboxylic acids is 2. The van der Waals surface area contributed by atoms with E-state index in [1.54, 1.807) is 16.7 Å². The molecule has 0 spiro atoms. The summed E-state index contributed by atoms with van der Waals surface area (Å²) in [6, 6.07) is 9.93. The molecule has 0 aromatic heterocycles. The highest BCUT2D eigenvalue weighted by Gasteiger charge is 2.53. The summed E-state index contributed by atoms with van der Waals surface area (Å²) in [5, 5.41) is -0.0688. The minimum atomic E-state index is -2.00. The van der Waals surface area contributed by atoms with Crippen molar-refractivity contribution in [3.63, 3.8) is 0 Å². The van der Waals surface area contributed by atoms with Gasteiger partial charge in [-0.3, -0.25) is 9.59 Å². The van der Waals surface area contributed by atoms with Crippen LogP contribution in [0, 0.1) is 5.92 Å². The molecular formula is C20H31NO4SSi. The number of β-lactam (4-membered cyclic amide) rings is 1. The summed E-state index contributed by atoms with van der Waals surface area (Å²) in [4.78, 5) is 27.2. The molecule has 27 heavy (non-hydrogen) atoms. The lowest BCUT2D eigenvalue weighted by Gasteiger charge is -2.50. The fourth-order valence-corrected chi connectivity index (χ4v) is 5.66. The maximum absolute atomic E-state index is 12.8. The highest BCUT2D eigenvalue weighted by atomic mass is 32.2. The molecule has 3 atom stereocenters. The predicted octanol–water partition coefficient (Wildman–Crippen LogP) is 4.15. The summed E-state index contributed by atoms with van der Waals surface area (Å²) in [6.45, 7) is 12.9. The van der Waals surface area contributed by atoms with Crippen molar-refractivity contribution >= 4 is 32.0 Å². The number of benzene rings is 1. The van der Waals surface area contributed by atoms with Gasteiger partial charge in [0, 0.05) is 4.90 Å². The number of rotatable bonds is 7. The largest absolute Gasteiger partial charge is 0.468 e. The minimum absolute atomic E-state index is 0.0247. The minimum Gasteiger partial charge on any atom is -0.468 e. The highest BCUT2D eigenvalue weighted by molar-refractivity contribution is 8.00. The van der Waals surface area contributed by atoms with E-state index in [4.69, 9.17) is 9.16 Å². The number of nitrogens with zero attached hydrogens (tertiary/aromatic N) is 1. The van der Waals surface area contributed by atoms with Crippen LogP contribution in [0.2, 0.25) is 18.1 Å². The van der Waals surface area contributed by atoms with E-state index >= 15 is 0 Å². The zero-order valence-electron chi connectivity index (χ0n) is 17.3. The first kappa shape index (κ1) is 22.0. The van der Waals surface area contributed by atoms with Gasteiger partial charge in [-0.25, -0.2) is 0 Å². The Morgan fingerprint density at radius 1 is 1.26 bits per heavy atom. The Bertz CT molecular complexity index is 674. The number of likely N-dealkylation sites (tertiary alicyclic amines) is 1. The van der Waals surface area contributed by atoms with Crippen LogP contribution < -0.4 is 0 Å². The number of ether oxygens (including phenoxy) is 1. The second-order valence-electron chi connectivity index (χ2n) is 8.47. The van der Waals surface area contributed by atoms with Crippen molar-refractivity contribution in [1.82, 2.24) is 4.90 Å². The monoisotopic (exact) mass is 409 g/mol. The SMILES string of the molecule is COC(=O)CN1C(=O)[C@H]([C@@H](C)O[Si](C)(C)C(C)(C)C)[C@H]1Sc1ccccc1. The lowest BCUT2D eigenvalue weighted by molar-refractivity contribution is -0.163. The summed E-state index contributed by atoms with van der Waals surface area (Å²) >= 11 is 1.60. The van der Waals surface area contributed by atoms with Gasteiger partial charge in [0.15, 0.2) is 8.32 Å². The number of methoxy groups -OCH3 is 1. The molecule has 0 saturated carbocycles. The van der Waals surface area contributed by atoms with Gasteiger partial charge in [0.05, 0.1) is 24.5 Å². The number of thioether (sulfide) groups is 1. The molecule has 1 aliphatic rings. The first-order chi connectivity index (χ1) is 12.5. The van der Waals surface area contributed by atoms with Gasteiger partial charge in [-0.1, -0.05) is 39.0 Å². The summed E-state index contributed by atoms with van der Waals surface area (Å²) in [5.41, 5.74) is 0. The van der Waals surface area contributed by atoms with Crippen LogP contribution >= 0.6 is 11.8 Å². The average molecular weight is 410 g/mol. The van der Waals surface area contributed by atoms with Gasteiger partial charge >= 0.3 is 5.97 Å². The summed E-state index contributed by atoms with van der Waals surface area (Å²) in [5.74, 6) is -0.715. The Kier molecular flexibility index (Phi) is 6.81. The molecule has 0 bridgehead atoms. The Hall–Kier alpha value is -1.31. The number of esters is 1. The van der Waals surface area contributed by atoms with E-state index in [1.807, 2.05) is 37.3 Å². The summed E-state index contributed by atoms with van der Waals surface area (Å²) < 4.78 is 11.2. The van der Waals surface area contributed by atoms with Crippen molar-refractivity contribution in [2.45, 2.75) is 62.2 Å². The van der Waals surface area contributed by atoms with Crippen molar-refractivity contribution in [3.05, 3.63) is 30.3 Å². The second kappa shape index (κ2) is 8.37. The molecule has 1 aliphatic heterocycles. The van der Waals surface area contributed by atoms with E-state index in [0.29, 0.717) is 0 Å². The van der Waals surface area contributed by atoms with Crippen LogP contribution in [0.1, 0.15) is 27.7 Å². The first-order valence-electron chi connectivity index (χ1n) is 9.25. The van der Waals surface area contributed by atoms with Crippen LogP contribution in [-0.4, -0.2) is 50.2 Å². The Morgan fingerprint density at radius 3 is 2.37 bits per heavy atom. The van der Waals surface area contributed by atoms with E-state index in [9.17, 15) is 9.59 Å². The number of amides is 1. The fourth-order valence-electron chi connectivity index (χ4n) is 2.84. The first-order valence-corrected chi connectivity index (χ1v) is 13.0. The van der Waals surface area contributed by atoms with Crippen LogP contribution in [-0.2, 0) is 18.8 Å². The van der Waals surface area contributed by atoms with Gasteiger partial charge in [-0.15, -0.1) is 11.8 Å². The molecule has 1 heterocycles. The Balaban J connectivity index is 2.19. The van der Waals surface area contributed by atoms with Crippen molar-refractivity contribution in [3.8, 4) is 0 Å². The third-order valence-electron chi connectivity index (χ3n) is 5.50. The van der Waals surface area contributed by atoms with Crippen molar-refractivity contribution in [2.24, 2.45) is 5.92 Å². The molecule has 5 nitrogen and oxygen atoms in total. The second-order valence-corrected chi connectivity index (χ2v) is 14.4. The highest BCUT2D eigenvalue weighted by Crippen LogP contribution is 2.44. The van der Waals surface area contributed by atoms with E-state index < -0.39 is 14.3 Å². The number of carbonyl (C=O) groups is 2. The lowest BCUT2D eigenvalue weighted by Crippen LogP contribution is -2.65. The van der Waals surface area contributed by atoms with Crippen LogP contribution in [0.25, 0.3) is 0 Å². The Labute approximate surface area is 167 Å². The topological polar surface area (TPSA) is 55.8 Å². The van der Waals surface area contributed by atoms with Crippen LogP contribution in [0.15, 0.2) is 35.2 Å². The standard InChI is InChI=1S/C20H31NO4SSi/c1-14(25-27(6,7)20(2,3)4)17-18(23)21(13-16(22)24-5)19(17)26-15-11-9-8-10-12-15/h8-12,14,17,19H,13H2,1-7H3/t14-,17+,19-/m1/s1. The predicted molar refractivity (Wildman–Crippen MR) is 111 cm³/mol. The van der Waals surface area contributed by atoms with Gasteiger partial charge < -0.3 is 14.1 Å². The van der Waals surface area contributed by atoms with Gasteiger partial charge in [-0.2, -0.15) is 0 Å². The van der Waals surface area contributed by atoms with Crippen molar-refractivity contribution in [2.75, 3.05) is 13.7 Å². The van der Waals surface area contributed by atoms with Gasteiger partial charge in [0.1, 0.15) is 6.54 Å². The average Bonchev–Trinajstić information content (AvgIpc) is 2.58. The number of hydrogen-bond acceptors (Lipinski definition) is 5.